The molecule has 0 spiro atoms. The van der Waals surface area contributed by atoms with Crippen molar-refractivity contribution < 1.29 is 0 Å². The van der Waals surface area contributed by atoms with E-state index < -0.39 is 0 Å². The second kappa shape index (κ2) is 32.1. The normalized spacial score (nSPS) is 11.7. The Labute approximate surface area is 774 Å². The molecule has 134 heavy (non-hydrogen) atoms. The van der Waals surface area contributed by atoms with Gasteiger partial charge in [-0.25, -0.2) is 9.97 Å². The molecule has 0 saturated heterocycles. The SMILES string of the molecule is c1ccc(-c2cc(-c3ccccc3)nc(-c3ccc(-n4c5ccccc5c5cc(-c6ccc7c8ccccc8n(-c8ccc(-c9cccc%10ccccc9%10)cc8)c7c6)ccc54)cc3)c2)cc1.c1ccc(-c2cc(-c3ccccc3)nc(-c3ccc(-n4c5ccccc5c5cc(-c6ccc7c8ccccc8n(-c8ccc9c%10ccccc%10c%10ccccc%10c9c8)c7c6)ccc54)cc3)c2)cc1. The van der Waals surface area contributed by atoms with Crippen molar-refractivity contribution >= 4 is 130 Å². The first kappa shape index (κ1) is 77.3. The maximum Gasteiger partial charge on any atom is 0.0715 e. The van der Waals surface area contributed by atoms with E-state index in [1.165, 1.54) is 175 Å². The third kappa shape index (κ3) is 13.2. The molecule has 0 radical (unpaired) electrons. The van der Waals surface area contributed by atoms with Crippen molar-refractivity contribution in [3.8, 4) is 123 Å². The zero-order chi connectivity index (χ0) is 88.3. The second-order valence-corrected chi connectivity index (χ2v) is 35.0. The van der Waals surface area contributed by atoms with Gasteiger partial charge >= 0.3 is 0 Å². The van der Waals surface area contributed by atoms with Gasteiger partial charge in [0.05, 0.1) is 66.9 Å². The Kier molecular flexibility index (Phi) is 18.5. The Bertz CT molecular complexity index is 9170. The fourth-order valence-corrected chi connectivity index (χ4v) is 21.0. The Morgan fingerprint density at radius 2 is 0.381 bits per heavy atom. The maximum atomic E-state index is 5.21. The topological polar surface area (TPSA) is 45.5 Å². The van der Waals surface area contributed by atoms with Gasteiger partial charge in [0, 0.05) is 88.1 Å². The molecule has 0 bridgehead atoms. The van der Waals surface area contributed by atoms with Crippen LogP contribution in [0.2, 0.25) is 0 Å². The standard InChI is InChI=1S/C65H41N3.C63H41N3/c1-3-15-42(16-4-1)47-38-60(43-17-5-2-6-18-43)66-61(39-47)44-27-31-48(32-28-44)67-63-26-14-12-24-56(63)59-37-45(30-36-64(59)67)46-29-34-57-55-23-11-13-25-62(55)68(65(57)40-46)49-33-35-54-52-21-8-7-19-50(52)51-20-9-10-22-53(51)58(54)41-49;1-3-14-42(15-4-1)49-39-58(45-17-5-2-6-18-45)64-59(40-49)46-28-34-50(35-29-46)65-61-25-12-10-22-55(61)57-38-47(31-37-62(57)65)48-30-36-56-54-21-9-11-24-60(54)66(63(56)41-48)51-32-26-44(27-33-51)53-23-13-19-43-16-7-8-20-52(43)53/h1-41H;1-41H. The number of para-hydroxylation sites is 4. The highest BCUT2D eigenvalue weighted by Gasteiger charge is 2.23. The molecule has 0 aliphatic rings. The third-order valence-electron chi connectivity index (χ3n) is 27.4. The molecule has 27 aromatic rings. The van der Waals surface area contributed by atoms with Crippen LogP contribution in [0.5, 0.6) is 0 Å². The first-order valence-corrected chi connectivity index (χ1v) is 46.0. The molecule has 0 unspecified atom stereocenters. The molecule has 0 N–H and O–H groups in total. The van der Waals surface area contributed by atoms with E-state index >= 15 is 0 Å². The van der Waals surface area contributed by atoms with E-state index in [1.54, 1.807) is 0 Å². The number of hydrogen-bond donors (Lipinski definition) is 0. The fraction of sp³-hybridized carbons (Fsp3) is 0. The molecule has 624 valence electrons. The van der Waals surface area contributed by atoms with Gasteiger partial charge in [0.15, 0.2) is 0 Å². The first-order chi connectivity index (χ1) is 66.4. The lowest BCUT2D eigenvalue weighted by Gasteiger charge is -2.14. The molecular formula is C128H82N6. The van der Waals surface area contributed by atoms with E-state index in [2.05, 4.69) is 510 Å². The summed E-state index contributed by atoms with van der Waals surface area (Å²) in [5, 5.41) is 20.1. The molecule has 0 atom stereocenters. The van der Waals surface area contributed by atoms with Crippen LogP contribution in [0, 0.1) is 0 Å². The van der Waals surface area contributed by atoms with Gasteiger partial charge in [-0.15, -0.1) is 0 Å². The molecule has 0 fully saturated rings. The minimum absolute atomic E-state index is 0.947. The fourth-order valence-electron chi connectivity index (χ4n) is 21.0. The van der Waals surface area contributed by atoms with E-state index in [4.69, 9.17) is 9.97 Å². The molecule has 27 rings (SSSR count). The van der Waals surface area contributed by atoms with Gasteiger partial charge in [-0.05, 0) is 232 Å². The van der Waals surface area contributed by atoms with Crippen LogP contribution in [0.15, 0.2) is 497 Å². The minimum Gasteiger partial charge on any atom is -0.309 e. The molecule has 21 aromatic carbocycles. The van der Waals surface area contributed by atoms with Crippen molar-refractivity contribution in [2.45, 2.75) is 0 Å². The number of pyridine rings is 2. The van der Waals surface area contributed by atoms with Crippen LogP contribution in [0.3, 0.4) is 0 Å². The van der Waals surface area contributed by atoms with Crippen LogP contribution in [-0.4, -0.2) is 28.2 Å². The van der Waals surface area contributed by atoms with Gasteiger partial charge in [0.1, 0.15) is 0 Å². The minimum atomic E-state index is 0.947. The Morgan fingerprint density at radius 3 is 0.799 bits per heavy atom. The lowest BCUT2D eigenvalue weighted by Crippen LogP contribution is -1.95. The van der Waals surface area contributed by atoms with Gasteiger partial charge in [0.2, 0.25) is 0 Å². The highest BCUT2D eigenvalue weighted by atomic mass is 15.0. The van der Waals surface area contributed by atoms with Crippen LogP contribution in [0.4, 0.5) is 0 Å². The van der Waals surface area contributed by atoms with Crippen LogP contribution in [0.25, 0.3) is 254 Å². The summed E-state index contributed by atoms with van der Waals surface area (Å²) in [7, 11) is 0. The predicted molar refractivity (Wildman–Crippen MR) is 565 cm³/mol. The quantitative estimate of drug-likeness (QED) is 0.108. The summed E-state index contributed by atoms with van der Waals surface area (Å²) in [6.07, 6.45) is 0. The van der Waals surface area contributed by atoms with Crippen molar-refractivity contribution in [2.24, 2.45) is 0 Å². The third-order valence-corrected chi connectivity index (χ3v) is 27.4. The molecule has 0 saturated carbocycles. The van der Waals surface area contributed by atoms with Crippen LogP contribution < -0.4 is 0 Å². The highest BCUT2D eigenvalue weighted by Crippen LogP contribution is 2.46. The summed E-state index contributed by atoms with van der Waals surface area (Å²) in [5.41, 5.74) is 34.0. The molecule has 6 nitrogen and oxygen atoms in total. The molecule has 0 amide bonds. The van der Waals surface area contributed by atoms with Crippen molar-refractivity contribution in [3.63, 3.8) is 0 Å². The van der Waals surface area contributed by atoms with Crippen LogP contribution in [0.1, 0.15) is 0 Å². The average molecular weight is 1700 g/mol. The van der Waals surface area contributed by atoms with E-state index in [0.717, 1.165) is 78.9 Å². The zero-order valence-electron chi connectivity index (χ0n) is 73.0. The molecular weight excluding hydrogens is 1620 g/mol. The lowest BCUT2D eigenvalue weighted by atomic mass is 9.94. The summed E-state index contributed by atoms with van der Waals surface area (Å²) < 4.78 is 9.67. The van der Waals surface area contributed by atoms with Gasteiger partial charge in [-0.3, -0.25) is 0 Å². The monoisotopic (exact) mass is 1700 g/mol. The molecule has 6 aromatic heterocycles. The Morgan fingerprint density at radius 1 is 0.119 bits per heavy atom. The molecule has 0 aliphatic carbocycles. The Balaban J connectivity index is 0.000000140. The predicted octanol–water partition coefficient (Wildman–Crippen LogP) is 34.2. The van der Waals surface area contributed by atoms with Crippen LogP contribution >= 0.6 is 0 Å². The zero-order valence-corrected chi connectivity index (χ0v) is 73.0. The number of nitrogens with zero attached hydrogens (tertiary/aromatic N) is 6. The number of hydrogen-bond acceptors (Lipinski definition) is 2. The molecule has 6 heterocycles. The summed E-state index contributed by atoms with van der Waals surface area (Å²) in [6.45, 7) is 0. The van der Waals surface area contributed by atoms with Gasteiger partial charge in [-0.1, -0.05) is 364 Å². The van der Waals surface area contributed by atoms with E-state index in [9.17, 15) is 0 Å². The van der Waals surface area contributed by atoms with Crippen LogP contribution in [-0.2, 0) is 0 Å². The van der Waals surface area contributed by atoms with E-state index in [0.29, 0.717) is 0 Å². The largest absolute Gasteiger partial charge is 0.309 e. The smallest absolute Gasteiger partial charge is 0.0715 e. The average Bonchev–Trinajstić information content (AvgIpc) is 1.42. The van der Waals surface area contributed by atoms with Crippen molar-refractivity contribution in [3.05, 3.63) is 497 Å². The summed E-state index contributed by atoms with van der Waals surface area (Å²) in [5.74, 6) is 0. The maximum absolute atomic E-state index is 5.21. The van der Waals surface area contributed by atoms with Crippen molar-refractivity contribution in [1.82, 2.24) is 28.2 Å². The molecule has 0 aliphatic heterocycles. The number of fused-ring (bicyclic) bond motifs is 19. The van der Waals surface area contributed by atoms with Gasteiger partial charge in [-0.2, -0.15) is 0 Å². The van der Waals surface area contributed by atoms with Crippen molar-refractivity contribution in [1.29, 1.82) is 0 Å². The first-order valence-electron chi connectivity index (χ1n) is 46.0. The molecule has 6 heteroatoms. The lowest BCUT2D eigenvalue weighted by molar-refractivity contribution is 1.18. The van der Waals surface area contributed by atoms with E-state index in [1.807, 2.05) is 6.07 Å². The number of rotatable bonds is 13. The Hall–Kier alpha value is -17.8. The summed E-state index contributed by atoms with van der Waals surface area (Å²) >= 11 is 0. The van der Waals surface area contributed by atoms with Gasteiger partial charge < -0.3 is 18.3 Å². The summed E-state index contributed by atoms with van der Waals surface area (Å²) in [6, 6.07) is 181. The number of benzene rings is 21. The van der Waals surface area contributed by atoms with E-state index in [-0.39, 0.29) is 0 Å². The highest BCUT2D eigenvalue weighted by molar-refractivity contribution is 6.26. The number of aromatic nitrogens is 6. The second-order valence-electron chi connectivity index (χ2n) is 35.0. The van der Waals surface area contributed by atoms with Crippen molar-refractivity contribution in [2.75, 3.05) is 0 Å². The summed E-state index contributed by atoms with van der Waals surface area (Å²) in [4.78, 5) is 10.4. The van der Waals surface area contributed by atoms with Gasteiger partial charge in [0.25, 0.3) is 0 Å².